The van der Waals surface area contributed by atoms with Gasteiger partial charge in [0.15, 0.2) is 5.78 Å². The Labute approximate surface area is 94.6 Å². The SMILES string of the molecule is CC/C=C/C(=O)c1cccc2cnccc12. The number of hydrogen-bond donors (Lipinski definition) is 0. The molecular weight excluding hydrogens is 198 g/mol. The Hall–Kier alpha value is -1.96. The summed E-state index contributed by atoms with van der Waals surface area (Å²) in [6.45, 7) is 2.01. The second kappa shape index (κ2) is 4.71. The van der Waals surface area contributed by atoms with Gasteiger partial charge in [0.25, 0.3) is 0 Å². The van der Waals surface area contributed by atoms with E-state index < -0.39 is 0 Å². The predicted molar refractivity (Wildman–Crippen MR) is 65.5 cm³/mol. The van der Waals surface area contributed by atoms with Crippen LogP contribution in [0.15, 0.2) is 48.8 Å². The monoisotopic (exact) mass is 211 g/mol. The van der Waals surface area contributed by atoms with E-state index in [1.165, 1.54) is 0 Å². The van der Waals surface area contributed by atoms with Crippen LogP contribution in [0.3, 0.4) is 0 Å². The highest BCUT2D eigenvalue weighted by Crippen LogP contribution is 2.18. The number of carbonyl (C=O) groups is 1. The molecule has 16 heavy (non-hydrogen) atoms. The van der Waals surface area contributed by atoms with E-state index in [2.05, 4.69) is 4.98 Å². The van der Waals surface area contributed by atoms with E-state index in [0.29, 0.717) is 0 Å². The van der Waals surface area contributed by atoms with Crippen molar-refractivity contribution in [1.82, 2.24) is 4.98 Å². The highest BCUT2D eigenvalue weighted by molar-refractivity contribution is 6.13. The quantitative estimate of drug-likeness (QED) is 0.575. The molecule has 1 aromatic carbocycles. The molecule has 0 amide bonds. The first-order valence-electron chi connectivity index (χ1n) is 5.36. The summed E-state index contributed by atoms with van der Waals surface area (Å²) in [7, 11) is 0. The highest BCUT2D eigenvalue weighted by atomic mass is 16.1. The molecule has 0 spiro atoms. The number of pyridine rings is 1. The van der Waals surface area contributed by atoms with Crippen molar-refractivity contribution in [3.8, 4) is 0 Å². The lowest BCUT2D eigenvalue weighted by molar-refractivity contribution is 0.104. The molecule has 0 aliphatic rings. The van der Waals surface area contributed by atoms with Gasteiger partial charge in [-0.15, -0.1) is 0 Å². The maximum Gasteiger partial charge on any atom is 0.186 e. The van der Waals surface area contributed by atoms with Crippen molar-refractivity contribution in [2.24, 2.45) is 0 Å². The van der Waals surface area contributed by atoms with E-state index in [4.69, 9.17) is 0 Å². The number of aromatic nitrogens is 1. The van der Waals surface area contributed by atoms with Gasteiger partial charge in [-0.2, -0.15) is 0 Å². The van der Waals surface area contributed by atoms with Gasteiger partial charge in [-0.25, -0.2) is 0 Å². The maximum atomic E-state index is 11.9. The second-order valence-corrected chi connectivity index (χ2v) is 3.58. The molecule has 0 N–H and O–H groups in total. The molecule has 0 aliphatic heterocycles. The fourth-order valence-electron chi connectivity index (χ4n) is 1.65. The zero-order valence-corrected chi connectivity index (χ0v) is 9.18. The molecule has 2 nitrogen and oxygen atoms in total. The van der Waals surface area contributed by atoms with Gasteiger partial charge in [-0.05, 0) is 23.9 Å². The van der Waals surface area contributed by atoms with Crippen LogP contribution in [0.4, 0.5) is 0 Å². The molecule has 80 valence electrons. The Morgan fingerprint density at radius 3 is 3.06 bits per heavy atom. The molecule has 0 saturated heterocycles. The van der Waals surface area contributed by atoms with Gasteiger partial charge in [-0.3, -0.25) is 9.78 Å². The van der Waals surface area contributed by atoms with Crippen molar-refractivity contribution in [1.29, 1.82) is 0 Å². The van der Waals surface area contributed by atoms with Crippen molar-refractivity contribution >= 4 is 16.6 Å². The van der Waals surface area contributed by atoms with Gasteiger partial charge in [0, 0.05) is 23.3 Å². The first-order chi connectivity index (χ1) is 7.83. The zero-order chi connectivity index (χ0) is 11.4. The smallest absolute Gasteiger partial charge is 0.186 e. The fraction of sp³-hybridized carbons (Fsp3) is 0.143. The van der Waals surface area contributed by atoms with Crippen molar-refractivity contribution in [3.63, 3.8) is 0 Å². The Morgan fingerprint density at radius 1 is 1.38 bits per heavy atom. The predicted octanol–water partition coefficient (Wildman–Crippen LogP) is 3.38. The number of carbonyl (C=O) groups excluding carboxylic acids is 1. The first-order valence-corrected chi connectivity index (χ1v) is 5.36. The fourth-order valence-corrected chi connectivity index (χ4v) is 1.65. The second-order valence-electron chi connectivity index (χ2n) is 3.58. The Morgan fingerprint density at radius 2 is 2.25 bits per heavy atom. The van der Waals surface area contributed by atoms with E-state index in [-0.39, 0.29) is 5.78 Å². The molecule has 0 bridgehead atoms. The molecule has 0 unspecified atom stereocenters. The summed E-state index contributed by atoms with van der Waals surface area (Å²) in [6.07, 6.45) is 7.87. The molecule has 0 aliphatic carbocycles. The van der Waals surface area contributed by atoms with Crippen LogP contribution in [0.2, 0.25) is 0 Å². The average molecular weight is 211 g/mol. The molecular formula is C14H13NO. The summed E-state index contributed by atoms with van der Waals surface area (Å²) < 4.78 is 0. The van der Waals surface area contributed by atoms with Crippen LogP contribution in [0.1, 0.15) is 23.7 Å². The largest absolute Gasteiger partial charge is 0.289 e. The molecule has 2 aromatic rings. The van der Waals surface area contributed by atoms with Crippen molar-refractivity contribution in [2.45, 2.75) is 13.3 Å². The Balaban J connectivity index is 2.52. The highest BCUT2D eigenvalue weighted by Gasteiger charge is 2.05. The lowest BCUT2D eigenvalue weighted by Gasteiger charge is -2.02. The lowest BCUT2D eigenvalue weighted by Crippen LogP contribution is -1.95. The van der Waals surface area contributed by atoms with Gasteiger partial charge in [0.2, 0.25) is 0 Å². The summed E-state index contributed by atoms with van der Waals surface area (Å²) in [5.74, 6) is 0.0543. The number of ketones is 1. The topological polar surface area (TPSA) is 30.0 Å². The number of nitrogens with zero attached hydrogens (tertiary/aromatic N) is 1. The Kier molecular flexibility index (Phi) is 3.10. The van der Waals surface area contributed by atoms with E-state index in [9.17, 15) is 4.79 Å². The minimum Gasteiger partial charge on any atom is -0.289 e. The van der Waals surface area contributed by atoms with Crippen LogP contribution in [-0.4, -0.2) is 10.8 Å². The summed E-state index contributed by atoms with van der Waals surface area (Å²) in [5, 5.41) is 1.96. The number of rotatable bonds is 3. The third-order valence-electron chi connectivity index (χ3n) is 2.45. The van der Waals surface area contributed by atoms with Gasteiger partial charge >= 0.3 is 0 Å². The normalized spacial score (nSPS) is 11.1. The molecule has 1 aromatic heterocycles. The molecule has 0 saturated carbocycles. The summed E-state index contributed by atoms with van der Waals surface area (Å²) in [5.41, 5.74) is 0.740. The van der Waals surface area contributed by atoms with E-state index in [1.54, 1.807) is 18.5 Å². The zero-order valence-electron chi connectivity index (χ0n) is 9.18. The van der Waals surface area contributed by atoms with Crippen LogP contribution in [0.5, 0.6) is 0 Å². The minimum atomic E-state index is 0.0543. The Bertz CT molecular complexity index is 538. The molecule has 0 radical (unpaired) electrons. The standard InChI is InChI=1S/C14H13NO/c1-2-3-7-14(16)13-6-4-5-11-10-15-9-8-12(11)13/h3-10H,2H2,1H3/b7-3+. The van der Waals surface area contributed by atoms with E-state index >= 15 is 0 Å². The number of hydrogen-bond acceptors (Lipinski definition) is 2. The maximum absolute atomic E-state index is 11.9. The molecule has 0 atom stereocenters. The summed E-state index contributed by atoms with van der Waals surface area (Å²) in [4.78, 5) is 16.0. The van der Waals surface area contributed by atoms with Crippen molar-refractivity contribution in [3.05, 3.63) is 54.4 Å². The number of fused-ring (bicyclic) bond motifs is 1. The number of allylic oxidation sites excluding steroid dienone is 2. The van der Waals surface area contributed by atoms with Crippen LogP contribution in [-0.2, 0) is 0 Å². The average Bonchev–Trinajstić information content (AvgIpc) is 2.35. The third kappa shape index (κ3) is 2.01. The van der Waals surface area contributed by atoms with Gasteiger partial charge in [-0.1, -0.05) is 31.2 Å². The first kappa shape index (κ1) is 10.6. The van der Waals surface area contributed by atoms with E-state index in [1.807, 2.05) is 37.3 Å². The number of benzene rings is 1. The van der Waals surface area contributed by atoms with Crippen LogP contribution < -0.4 is 0 Å². The van der Waals surface area contributed by atoms with Gasteiger partial charge < -0.3 is 0 Å². The molecule has 2 rings (SSSR count). The summed E-state index contributed by atoms with van der Waals surface area (Å²) in [6, 6.07) is 7.58. The molecule has 1 heterocycles. The minimum absolute atomic E-state index is 0.0543. The molecule has 0 fully saturated rings. The molecule has 2 heteroatoms. The lowest BCUT2D eigenvalue weighted by atomic mass is 10.0. The van der Waals surface area contributed by atoms with Gasteiger partial charge in [0.1, 0.15) is 0 Å². The van der Waals surface area contributed by atoms with Crippen LogP contribution in [0, 0.1) is 0 Å². The summed E-state index contributed by atoms with van der Waals surface area (Å²) >= 11 is 0. The van der Waals surface area contributed by atoms with E-state index in [0.717, 1.165) is 22.8 Å². The van der Waals surface area contributed by atoms with Crippen molar-refractivity contribution in [2.75, 3.05) is 0 Å². The van der Waals surface area contributed by atoms with Crippen molar-refractivity contribution < 1.29 is 4.79 Å². The van der Waals surface area contributed by atoms with Crippen LogP contribution >= 0.6 is 0 Å². The van der Waals surface area contributed by atoms with Crippen LogP contribution in [0.25, 0.3) is 10.8 Å². The third-order valence-corrected chi connectivity index (χ3v) is 2.45. The van der Waals surface area contributed by atoms with Gasteiger partial charge in [0.05, 0.1) is 0 Å².